The molecule has 0 aliphatic carbocycles. The van der Waals surface area contributed by atoms with Gasteiger partial charge in [0.05, 0.1) is 6.54 Å². The molecule has 5 nitrogen and oxygen atoms in total. The minimum Gasteiger partial charge on any atom is -0.352 e. The Bertz CT molecular complexity index is 688. The second kappa shape index (κ2) is 10.8. The summed E-state index contributed by atoms with van der Waals surface area (Å²) in [4.78, 5) is 12.5. The molecular formula is C19H28IN5S. The van der Waals surface area contributed by atoms with Crippen molar-refractivity contribution >= 4 is 41.3 Å². The molecule has 0 amide bonds. The van der Waals surface area contributed by atoms with Crippen LogP contribution in [0.25, 0.3) is 0 Å². The van der Waals surface area contributed by atoms with E-state index in [-0.39, 0.29) is 24.0 Å². The number of aryl methyl sites for hydroxylation is 1. The maximum Gasteiger partial charge on any atom is 0.191 e. The Morgan fingerprint density at radius 3 is 2.85 bits per heavy atom. The van der Waals surface area contributed by atoms with E-state index in [1.807, 2.05) is 13.2 Å². The zero-order chi connectivity index (χ0) is 17.5. The summed E-state index contributed by atoms with van der Waals surface area (Å²) >= 11 is 1.72. The van der Waals surface area contributed by atoms with Gasteiger partial charge < -0.3 is 10.6 Å². The monoisotopic (exact) mass is 485 g/mol. The summed E-state index contributed by atoms with van der Waals surface area (Å²) in [6.07, 6.45) is 4.32. The smallest absolute Gasteiger partial charge is 0.191 e. The summed E-state index contributed by atoms with van der Waals surface area (Å²) < 4.78 is 0. The van der Waals surface area contributed by atoms with Crippen LogP contribution in [0.15, 0.2) is 41.5 Å². The molecule has 1 aliphatic heterocycles. The standard InChI is InChI=1S/C19H27N5S.HI/c1-15-11-21-18(25-15)12-22-19(20-2)23-17-9-6-10-24(14-17)13-16-7-4-3-5-8-16;/h3-5,7-8,11,17H,6,9-10,12-14H2,1-2H3,(H2,20,22,23);1H. The SMILES string of the molecule is CN=C(NCc1ncc(C)s1)NC1CCCN(Cc2ccccc2)C1.I. The van der Waals surface area contributed by atoms with E-state index in [0.29, 0.717) is 6.04 Å². The molecule has 2 N–H and O–H groups in total. The number of aromatic nitrogens is 1. The van der Waals surface area contributed by atoms with Crippen LogP contribution in [0, 0.1) is 6.92 Å². The van der Waals surface area contributed by atoms with Gasteiger partial charge >= 0.3 is 0 Å². The van der Waals surface area contributed by atoms with E-state index in [9.17, 15) is 0 Å². The van der Waals surface area contributed by atoms with E-state index in [0.717, 1.165) is 37.1 Å². The van der Waals surface area contributed by atoms with Crippen molar-refractivity contribution < 1.29 is 0 Å². The largest absolute Gasteiger partial charge is 0.352 e. The lowest BCUT2D eigenvalue weighted by atomic mass is 10.0. The first kappa shape index (κ1) is 21.1. The number of guanidine groups is 1. The molecular weight excluding hydrogens is 457 g/mol. The van der Waals surface area contributed by atoms with Crippen molar-refractivity contribution in [3.8, 4) is 0 Å². The van der Waals surface area contributed by atoms with Gasteiger partial charge in [0.15, 0.2) is 5.96 Å². The first-order chi connectivity index (χ1) is 12.2. The fourth-order valence-electron chi connectivity index (χ4n) is 3.19. The molecule has 1 saturated heterocycles. The average Bonchev–Trinajstić information content (AvgIpc) is 3.05. The topological polar surface area (TPSA) is 52.6 Å². The number of rotatable bonds is 5. The minimum atomic E-state index is 0. The third kappa shape index (κ3) is 6.51. The van der Waals surface area contributed by atoms with Gasteiger partial charge in [-0.3, -0.25) is 9.89 Å². The van der Waals surface area contributed by atoms with Crippen LogP contribution in [0.5, 0.6) is 0 Å². The summed E-state index contributed by atoms with van der Waals surface area (Å²) in [7, 11) is 1.83. The molecule has 1 aliphatic rings. The highest BCUT2D eigenvalue weighted by Crippen LogP contribution is 2.14. The van der Waals surface area contributed by atoms with E-state index in [4.69, 9.17) is 0 Å². The average molecular weight is 485 g/mol. The number of nitrogens with one attached hydrogen (secondary N) is 2. The molecule has 0 bridgehead atoms. The molecule has 26 heavy (non-hydrogen) atoms. The van der Waals surface area contributed by atoms with E-state index >= 15 is 0 Å². The van der Waals surface area contributed by atoms with Crippen LogP contribution in [-0.4, -0.2) is 42.0 Å². The van der Waals surface area contributed by atoms with Crippen LogP contribution < -0.4 is 10.6 Å². The number of likely N-dealkylation sites (tertiary alicyclic amines) is 1. The zero-order valence-corrected chi connectivity index (χ0v) is 18.6. The lowest BCUT2D eigenvalue weighted by Gasteiger charge is -2.33. The summed E-state index contributed by atoms with van der Waals surface area (Å²) in [5, 5.41) is 8.04. The van der Waals surface area contributed by atoms with Crippen LogP contribution in [0.4, 0.5) is 0 Å². The normalized spacial score (nSPS) is 18.2. The van der Waals surface area contributed by atoms with Gasteiger partial charge in [-0.25, -0.2) is 4.98 Å². The van der Waals surface area contributed by atoms with Crippen molar-refractivity contribution in [2.75, 3.05) is 20.1 Å². The Kier molecular flexibility index (Phi) is 8.80. The molecule has 142 valence electrons. The highest BCUT2D eigenvalue weighted by molar-refractivity contribution is 14.0. The predicted molar refractivity (Wildman–Crippen MR) is 120 cm³/mol. The Hall–Kier alpha value is -1.19. The van der Waals surface area contributed by atoms with E-state index in [1.165, 1.54) is 23.3 Å². The molecule has 3 rings (SSSR count). The second-order valence-electron chi connectivity index (χ2n) is 6.49. The van der Waals surface area contributed by atoms with Crippen molar-refractivity contribution in [2.45, 2.75) is 38.9 Å². The van der Waals surface area contributed by atoms with Gasteiger partial charge in [-0.15, -0.1) is 35.3 Å². The van der Waals surface area contributed by atoms with Crippen LogP contribution in [0.3, 0.4) is 0 Å². The van der Waals surface area contributed by atoms with Gasteiger partial charge in [-0.2, -0.15) is 0 Å². The van der Waals surface area contributed by atoms with Crippen LogP contribution in [-0.2, 0) is 13.1 Å². The molecule has 1 fully saturated rings. The first-order valence-electron chi connectivity index (χ1n) is 8.87. The van der Waals surface area contributed by atoms with Crippen molar-refractivity contribution in [1.29, 1.82) is 0 Å². The Labute approximate surface area is 177 Å². The molecule has 0 saturated carbocycles. The first-order valence-corrected chi connectivity index (χ1v) is 9.69. The minimum absolute atomic E-state index is 0. The van der Waals surface area contributed by atoms with Gasteiger partial charge in [0.1, 0.15) is 5.01 Å². The van der Waals surface area contributed by atoms with Crippen LogP contribution >= 0.6 is 35.3 Å². The van der Waals surface area contributed by atoms with Gasteiger partial charge in [-0.05, 0) is 31.9 Å². The highest BCUT2D eigenvalue weighted by atomic mass is 127. The number of nitrogens with zero attached hydrogens (tertiary/aromatic N) is 3. The van der Waals surface area contributed by atoms with E-state index in [2.05, 4.69) is 62.8 Å². The molecule has 7 heteroatoms. The van der Waals surface area contributed by atoms with Crippen LogP contribution in [0.2, 0.25) is 0 Å². The van der Waals surface area contributed by atoms with E-state index in [1.54, 1.807) is 11.3 Å². The summed E-state index contributed by atoms with van der Waals surface area (Å²) in [5.41, 5.74) is 1.38. The Balaban J connectivity index is 0.00000243. The molecule has 1 atom stereocenters. The quantitative estimate of drug-likeness (QED) is 0.388. The number of aliphatic imine (C=N–C) groups is 1. The van der Waals surface area contributed by atoms with Crippen molar-refractivity contribution in [3.63, 3.8) is 0 Å². The molecule has 2 aromatic rings. The number of benzene rings is 1. The van der Waals surface area contributed by atoms with Gasteiger partial charge in [0, 0.05) is 37.3 Å². The lowest BCUT2D eigenvalue weighted by Crippen LogP contribution is -2.50. The molecule has 1 aromatic carbocycles. The predicted octanol–water partition coefficient (Wildman–Crippen LogP) is 3.40. The van der Waals surface area contributed by atoms with Gasteiger partial charge in [0.25, 0.3) is 0 Å². The number of thiazole rings is 1. The third-order valence-corrected chi connectivity index (χ3v) is 5.31. The van der Waals surface area contributed by atoms with Crippen LogP contribution in [0.1, 0.15) is 28.3 Å². The maximum absolute atomic E-state index is 4.39. The highest BCUT2D eigenvalue weighted by Gasteiger charge is 2.20. The number of piperidine rings is 1. The fraction of sp³-hybridized carbons (Fsp3) is 0.474. The summed E-state index contributed by atoms with van der Waals surface area (Å²) in [5.74, 6) is 0.861. The third-order valence-electron chi connectivity index (χ3n) is 4.40. The number of hydrogen-bond donors (Lipinski definition) is 2. The lowest BCUT2D eigenvalue weighted by molar-refractivity contribution is 0.192. The van der Waals surface area contributed by atoms with Crippen molar-refractivity contribution in [2.24, 2.45) is 4.99 Å². The second-order valence-corrected chi connectivity index (χ2v) is 7.81. The molecule has 1 aromatic heterocycles. The summed E-state index contributed by atoms with van der Waals surface area (Å²) in [6.45, 7) is 6.03. The fourth-order valence-corrected chi connectivity index (χ4v) is 3.92. The molecule has 0 spiro atoms. The van der Waals surface area contributed by atoms with Gasteiger partial charge in [0.2, 0.25) is 0 Å². The Morgan fingerprint density at radius 2 is 2.15 bits per heavy atom. The van der Waals surface area contributed by atoms with Crippen molar-refractivity contribution in [3.05, 3.63) is 52.0 Å². The van der Waals surface area contributed by atoms with E-state index < -0.39 is 0 Å². The number of hydrogen-bond acceptors (Lipinski definition) is 4. The van der Waals surface area contributed by atoms with Gasteiger partial charge in [-0.1, -0.05) is 30.3 Å². The molecule has 2 heterocycles. The molecule has 0 radical (unpaired) electrons. The Morgan fingerprint density at radius 1 is 1.35 bits per heavy atom. The zero-order valence-electron chi connectivity index (χ0n) is 15.4. The molecule has 1 unspecified atom stereocenters. The summed E-state index contributed by atoms with van der Waals surface area (Å²) in [6, 6.07) is 11.1. The van der Waals surface area contributed by atoms with Crippen molar-refractivity contribution in [1.82, 2.24) is 20.5 Å². The maximum atomic E-state index is 4.39. The number of halogens is 1.